The van der Waals surface area contributed by atoms with Crippen LogP contribution in [-0.2, 0) is 6.42 Å². The zero-order chi connectivity index (χ0) is 11.9. The van der Waals surface area contributed by atoms with Crippen LogP contribution in [0.5, 0.6) is 0 Å². The average Bonchev–Trinajstić information content (AvgIpc) is 2.97. The molecule has 3 nitrogen and oxygen atoms in total. The zero-order valence-electron chi connectivity index (χ0n) is 9.63. The topological polar surface area (TPSA) is 38.9 Å². The third-order valence-electron chi connectivity index (χ3n) is 3.24. The van der Waals surface area contributed by atoms with Gasteiger partial charge in [0.05, 0.1) is 5.69 Å². The van der Waals surface area contributed by atoms with Crippen LogP contribution >= 0.6 is 0 Å². The van der Waals surface area contributed by atoms with E-state index in [1.807, 2.05) is 18.2 Å². The van der Waals surface area contributed by atoms with Crippen molar-refractivity contribution in [3.63, 3.8) is 0 Å². The van der Waals surface area contributed by atoms with E-state index >= 15 is 0 Å². The summed E-state index contributed by atoms with van der Waals surface area (Å²) >= 11 is 0. The number of benzene rings is 1. The third-order valence-corrected chi connectivity index (χ3v) is 3.24. The van der Waals surface area contributed by atoms with E-state index in [-0.39, 0.29) is 0 Å². The van der Waals surface area contributed by atoms with Crippen LogP contribution in [-0.4, -0.2) is 9.97 Å². The van der Waals surface area contributed by atoms with Crippen molar-refractivity contribution < 1.29 is 4.42 Å². The summed E-state index contributed by atoms with van der Waals surface area (Å²) in [6.45, 7) is 0. The van der Waals surface area contributed by atoms with E-state index in [2.05, 4.69) is 28.2 Å². The van der Waals surface area contributed by atoms with E-state index in [0.29, 0.717) is 5.89 Å². The Labute approximate surface area is 104 Å². The standard InChI is InChI=1S/C15H10N2O/c1-2-4-12-11(3-1)9-13-14(12)18-15(17-13)10-5-7-16-8-6-10/h1-8H,9H2. The van der Waals surface area contributed by atoms with Gasteiger partial charge in [-0.3, -0.25) is 4.98 Å². The molecule has 0 saturated heterocycles. The van der Waals surface area contributed by atoms with Crippen LogP contribution in [0.3, 0.4) is 0 Å². The molecule has 3 aromatic rings. The predicted molar refractivity (Wildman–Crippen MR) is 68.0 cm³/mol. The van der Waals surface area contributed by atoms with Crippen LogP contribution in [0.4, 0.5) is 0 Å². The molecule has 0 spiro atoms. The van der Waals surface area contributed by atoms with Crippen LogP contribution in [0.15, 0.2) is 53.2 Å². The highest BCUT2D eigenvalue weighted by Crippen LogP contribution is 2.38. The molecule has 0 N–H and O–H groups in total. The van der Waals surface area contributed by atoms with Crippen LogP contribution in [0.2, 0.25) is 0 Å². The van der Waals surface area contributed by atoms with Gasteiger partial charge in [0.2, 0.25) is 5.89 Å². The van der Waals surface area contributed by atoms with Gasteiger partial charge in [0.25, 0.3) is 0 Å². The highest BCUT2D eigenvalue weighted by atomic mass is 16.4. The second-order valence-corrected chi connectivity index (χ2v) is 4.36. The van der Waals surface area contributed by atoms with Gasteiger partial charge in [0, 0.05) is 29.9 Å². The van der Waals surface area contributed by atoms with Crippen LogP contribution in [0.1, 0.15) is 11.3 Å². The van der Waals surface area contributed by atoms with Gasteiger partial charge in [-0.2, -0.15) is 0 Å². The Balaban J connectivity index is 1.86. The van der Waals surface area contributed by atoms with E-state index < -0.39 is 0 Å². The number of fused-ring (bicyclic) bond motifs is 3. The van der Waals surface area contributed by atoms with E-state index in [1.54, 1.807) is 12.4 Å². The molecular formula is C15H10N2O. The number of hydrogen-bond donors (Lipinski definition) is 0. The van der Waals surface area contributed by atoms with Gasteiger partial charge < -0.3 is 4.42 Å². The molecule has 0 atom stereocenters. The van der Waals surface area contributed by atoms with Crippen molar-refractivity contribution in [2.75, 3.05) is 0 Å². The summed E-state index contributed by atoms with van der Waals surface area (Å²) in [4.78, 5) is 8.58. The highest BCUT2D eigenvalue weighted by Gasteiger charge is 2.24. The molecule has 86 valence electrons. The van der Waals surface area contributed by atoms with Gasteiger partial charge >= 0.3 is 0 Å². The van der Waals surface area contributed by atoms with Gasteiger partial charge in [-0.25, -0.2) is 4.98 Å². The number of oxazole rings is 1. The Morgan fingerprint density at radius 3 is 2.72 bits per heavy atom. The lowest BCUT2D eigenvalue weighted by Gasteiger charge is -1.98. The summed E-state index contributed by atoms with van der Waals surface area (Å²) in [5.41, 5.74) is 4.46. The maximum Gasteiger partial charge on any atom is 0.227 e. The van der Waals surface area contributed by atoms with Crippen LogP contribution < -0.4 is 0 Å². The fraction of sp³-hybridized carbons (Fsp3) is 0.0667. The maximum absolute atomic E-state index is 5.90. The molecule has 1 aliphatic carbocycles. The smallest absolute Gasteiger partial charge is 0.227 e. The molecular weight excluding hydrogens is 224 g/mol. The van der Waals surface area contributed by atoms with Crippen molar-refractivity contribution in [3.8, 4) is 22.8 Å². The Bertz CT molecular complexity index is 716. The molecule has 4 rings (SSSR count). The SMILES string of the molecule is c1ccc2c(c1)Cc1nc(-c3ccncc3)oc1-2. The summed E-state index contributed by atoms with van der Waals surface area (Å²) in [5.74, 6) is 1.59. The van der Waals surface area contributed by atoms with Crippen molar-refractivity contribution >= 4 is 0 Å². The Kier molecular flexibility index (Phi) is 1.88. The Morgan fingerprint density at radius 2 is 1.83 bits per heavy atom. The third kappa shape index (κ3) is 1.31. The minimum Gasteiger partial charge on any atom is -0.436 e. The number of nitrogens with zero attached hydrogens (tertiary/aromatic N) is 2. The van der Waals surface area contributed by atoms with Crippen molar-refractivity contribution in [2.24, 2.45) is 0 Å². The summed E-state index contributed by atoms with van der Waals surface area (Å²) in [6.07, 6.45) is 4.36. The molecule has 1 aliphatic rings. The molecule has 2 heterocycles. The lowest BCUT2D eigenvalue weighted by molar-refractivity contribution is 0.589. The number of pyridine rings is 1. The predicted octanol–water partition coefficient (Wildman–Crippen LogP) is 3.31. The van der Waals surface area contributed by atoms with Crippen molar-refractivity contribution in [1.82, 2.24) is 9.97 Å². The fourth-order valence-electron chi connectivity index (χ4n) is 2.38. The largest absolute Gasteiger partial charge is 0.436 e. The second-order valence-electron chi connectivity index (χ2n) is 4.36. The van der Waals surface area contributed by atoms with E-state index in [4.69, 9.17) is 4.42 Å². The molecule has 3 heteroatoms. The van der Waals surface area contributed by atoms with Gasteiger partial charge in [0.1, 0.15) is 0 Å². The van der Waals surface area contributed by atoms with Crippen molar-refractivity contribution in [3.05, 3.63) is 60.0 Å². The molecule has 0 bridgehead atoms. The van der Waals surface area contributed by atoms with E-state index in [9.17, 15) is 0 Å². The minimum atomic E-state index is 0.678. The number of hydrogen-bond acceptors (Lipinski definition) is 3. The lowest BCUT2D eigenvalue weighted by atomic mass is 10.1. The normalized spacial score (nSPS) is 12.2. The van der Waals surface area contributed by atoms with Gasteiger partial charge in [0.15, 0.2) is 5.76 Å². The maximum atomic E-state index is 5.90. The molecule has 0 amide bonds. The molecule has 0 unspecified atom stereocenters. The first kappa shape index (κ1) is 9.59. The fourth-order valence-corrected chi connectivity index (χ4v) is 2.38. The van der Waals surface area contributed by atoms with Gasteiger partial charge in [-0.15, -0.1) is 0 Å². The molecule has 1 aromatic carbocycles. The first-order valence-electron chi connectivity index (χ1n) is 5.90. The molecule has 0 radical (unpaired) electrons. The highest BCUT2D eigenvalue weighted by molar-refractivity contribution is 5.72. The van der Waals surface area contributed by atoms with Crippen molar-refractivity contribution in [2.45, 2.75) is 6.42 Å². The second kappa shape index (κ2) is 3.53. The summed E-state index contributed by atoms with van der Waals surface area (Å²) in [5, 5.41) is 0. The lowest BCUT2D eigenvalue weighted by Crippen LogP contribution is -1.84. The minimum absolute atomic E-state index is 0.678. The summed E-state index contributed by atoms with van der Waals surface area (Å²) < 4.78 is 5.90. The van der Waals surface area contributed by atoms with E-state index in [0.717, 1.165) is 23.4 Å². The number of aromatic nitrogens is 2. The van der Waals surface area contributed by atoms with Gasteiger partial charge in [-0.1, -0.05) is 24.3 Å². The quantitative estimate of drug-likeness (QED) is 0.507. The summed E-state index contributed by atoms with van der Waals surface area (Å²) in [7, 11) is 0. The molecule has 0 fully saturated rings. The monoisotopic (exact) mass is 234 g/mol. The molecule has 18 heavy (non-hydrogen) atoms. The summed E-state index contributed by atoms with van der Waals surface area (Å²) in [6, 6.07) is 12.1. The Morgan fingerprint density at radius 1 is 1.00 bits per heavy atom. The first-order valence-corrected chi connectivity index (χ1v) is 5.90. The molecule has 0 saturated carbocycles. The number of rotatable bonds is 1. The van der Waals surface area contributed by atoms with Crippen molar-refractivity contribution in [1.29, 1.82) is 0 Å². The van der Waals surface area contributed by atoms with Gasteiger partial charge in [-0.05, 0) is 17.7 Å². The zero-order valence-corrected chi connectivity index (χ0v) is 9.63. The Hall–Kier alpha value is -2.42. The molecule has 2 aromatic heterocycles. The van der Waals surface area contributed by atoms with Crippen LogP contribution in [0, 0.1) is 0 Å². The van der Waals surface area contributed by atoms with Crippen LogP contribution in [0.25, 0.3) is 22.8 Å². The molecule has 0 aliphatic heterocycles. The van der Waals surface area contributed by atoms with E-state index in [1.165, 1.54) is 11.1 Å². The first-order chi connectivity index (χ1) is 8.92. The average molecular weight is 234 g/mol.